The Morgan fingerprint density at radius 1 is 1.17 bits per heavy atom. The van der Waals surface area contributed by atoms with Crippen LogP contribution in [-0.2, 0) is 0 Å². The second-order valence-corrected chi connectivity index (χ2v) is 10.6. The van der Waals surface area contributed by atoms with Crippen molar-refractivity contribution in [3.63, 3.8) is 0 Å². The minimum atomic E-state index is -4.56. The van der Waals surface area contributed by atoms with Gasteiger partial charge in [-0.05, 0) is 50.1 Å². The molecule has 3 aromatic heterocycles. The summed E-state index contributed by atoms with van der Waals surface area (Å²) in [5.41, 5.74) is 0.0804. The molecule has 1 fully saturated rings. The number of hydrogen-bond acceptors (Lipinski definition) is 8. The van der Waals surface area contributed by atoms with E-state index in [0.717, 1.165) is 0 Å². The number of carbonyl (C=O) groups excluding carboxylic acids is 1. The van der Waals surface area contributed by atoms with Crippen LogP contribution in [0.25, 0.3) is 26.9 Å². The van der Waals surface area contributed by atoms with Crippen LogP contribution >= 0.6 is 22.9 Å². The molecule has 1 aliphatic carbocycles. The second-order valence-electron chi connectivity index (χ2n) is 9.40. The monoisotopic (exact) mass is 601 g/mol. The molecule has 6 rings (SSSR count). The lowest BCUT2D eigenvalue weighted by Gasteiger charge is -2.21. The molecule has 1 aliphatic rings. The number of nitrogens with zero attached hydrogens (tertiary/aromatic N) is 5. The Bertz CT molecular complexity index is 1870. The van der Waals surface area contributed by atoms with Crippen molar-refractivity contribution in [2.45, 2.75) is 37.6 Å². The quantitative estimate of drug-likeness (QED) is 0.252. The van der Waals surface area contributed by atoms with E-state index in [2.05, 4.69) is 25.3 Å². The smallest absolute Gasteiger partial charge is 0.411 e. The van der Waals surface area contributed by atoms with Gasteiger partial charge >= 0.3 is 12.2 Å². The van der Waals surface area contributed by atoms with Crippen molar-refractivity contribution in [1.29, 1.82) is 0 Å². The molecule has 0 saturated heterocycles. The minimum Gasteiger partial charge on any atom is -0.465 e. The van der Waals surface area contributed by atoms with Crippen LogP contribution in [0.3, 0.4) is 0 Å². The number of nitrogens with one attached hydrogen (secondary N) is 2. The maximum Gasteiger partial charge on any atom is 0.411 e. The highest BCUT2D eigenvalue weighted by atomic mass is 35.5. The number of aromatic nitrogens is 5. The van der Waals surface area contributed by atoms with Gasteiger partial charge in [-0.15, -0.1) is 11.3 Å². The van der Waals surface area contributed by atoms with Gasteiger partial charge in [0.1, 0.15) is 11.9 Å². The molecular weight excluding hydrogens is 583 g/mol. The standard InChI is InChI=1S/C26H19ClF3N7O3S/c1-13(40-21-19-22(32-11-31-21)41-12-33-19)20-35-17-7-3-6-16(27)18(17)23(38)37(20)15-5-2-4-14(10-15)34-24(39)36-25(8-9-25)26(28,29)30/h2-7,10-13H,8-9H2,1H3,(H2,34,36,39). The van der Waals surface area contributed by atoms with Crippen LogP contribution in [0.2, 0.25) is 5.02 Å². The van der Waals surface area contributed by atoms with E-state index in [4.69, 9.17) is 16.3 Å². The van der Waals surface area contributed by atoms with Crippen molar-refractivity contribution in [2.75, 3.05) is 5.32 Å². The van der Waals surface area contributed by atoms with Crippen LogP contribution < -0.4 is 20.9 Å². The van der Waals surface area contributed by atoms with E-state index in [1.54, 1.807) is 42.8 Å². The van der Waals surface area contributed by atoms with E-state index in [9.17, 15) is 22.8 Å². The number of urea groups is 1. The molecule has 3 heterocycles. The molecule has 2 aromatic carbocycles. The highest BCUT2D eigenvalue weighted by Crippen LogP contribution is 2.48. The number of benzene rings is 2. The van der Waals surface area contributed by atoms with Crippen LogP contribution in [-0.4, -0.2) is 42.2 Å². The fourth-order valence-corrected chi connectivity index (χ4v) is 5.28. The molecule has 10 nitrogen and oxygen atoms in total. The summed E-state index contributed by atoms with van der Waals surface area (Å²) in [6.07, 6.45) is -4.44. The Hall–Kier alpha value is -4.30. The van der Waals surface area contributed by atoms with Gasteiger partial charge in [0.05, 0.1) is 27.1 Å². The van der Waals surface area contributed by atoms with E-state index in [0.29, 0.717) is 15.9 Å². The molecule has 0 spiro atoms. The number of fused-ring (bicyclic) bond motifs is 2. The highest BCUT2D eigenvalue weighted by molar-refractivity contribution is 7.16. The largest absolute Gasteiger partial charge is 0.465 e. The van der Waals surface area contributed by atoms with Gasteiger partial charge in [0.15, 0.2) is 22.3 Å². The van der Waals surface area contributed by atoms with Crippen molar-refractivity contribution < 1.29 is 22.7 Å². The summed E-state index contributed by atoms with van der Waals surface area (Å²) < 4.78 is 47.3. The Morgan fingerprint density at radius 3 is 2.71 bits per heavy atom. The molecule has 210 valence electrons. The molecule has 1 unspecified atom stereocenters. The molecule has 1 atom stereocenters. The van der Waals surface area contributed by atoms with Gasteiger partial charge in [0.2, 0.25) is 5.88 Å². The normalized spacial score (nSPS) is 15.0. The van der Waals surface area contributed by atoms with Gasteiger partial charge in [0.25, 0.3) is 5.56 Å². The van der Waals surface area contributed by atoms with Crippen molar-refractivity contribution in [3.8, 4) is 11.6 Å². The van der Waals surface area contributed by atoms with Crippen LogP contribution in [0.5, 0.6) is 5.88 Å². The minimum absolute atomic E-state index is 0.156. The molecule has 0 bridgehead atoms. The second kappa shape index (κ2) is 9.96. The highest BCUT2D eigenvalue weighted by Gasteiger charge is 2.64. The number of thiazole rings is 1. The molecule has 5 aromatic rings. The van der Waals surface area contributed by atoms with Crippen molar-refractivity contribution in [3.05, 3.63) is 75.5 Å². The first-order chi connectivity index (χ1) is 19.6. The molecule has 41 heavy (non-hydrogen) atoms. The summed E-state index contributed by atoms with van der Waals surface area (Å²) in [4.78, 5) is 44.2. The Balaban J connectivity index is 1.40. The number of amides is 2. The van der Waals surface area contributed by atoms with E-state index < -0.39 is 29.4 Å². The average molecular weight is 602 g/mol. The Kier molecular flexibility index (Phi) is 6.53. The molecule has 0 aliphatic heterocycles. The number of carbonyl (C=O) groups is 1. The summed E-state index contributed by atoms with van der Waals surface area (Å²) in [6.45, 7) is 1.68. The lowest BCUT2D eigenvalue weighted by Crippen LogP contribution is -2.49. The van der Waals surface area contributed by atoms with Crippen molar-refractivity contribution in [1.82, 2.24) is 29.8 Å². The first-order valence-corrected chi connectivity index (χ1v) is 13.5. The van der Waals surface area contributed by atoms with E-state index in [-0.39, 0.29) is 46.3 Å². The molecule has 15 heteroatoms. The molecular formula is C26H19ClF3N7O3S. The lowest BCUT2D eigenvalue weighted by molar-refractivity contribution is -0.162. The fourth-order valence-electron chi connectivity index (χ4n) is 4.42. The number of halogens is 4. The van der Waals surface area contributed by atoms with E-state index >= 15 is 0 Å². The summed E-state index contributed by atoms with van der Waals surface area (Å²) in [5.74, 6) is 0.379. The summed E-state index contributed by atoms with van der Waals surface area (Å²) in [6, 6.07) is 9.92. The van der Waals surface area contributed by atoms with E-state index in [1.165, 1.54) is 34.4 Å². The number of ether oxygens (including phenoxy) is 1. The van der Waals surface area contributed by atoms with Crippen LogP contribution in [0, 0.1) is 0 Å². The number of alkyl halides is 3. The Labute approximate surface area is 238 Å². The Morgan fingerprint density at radius 2 is 1.95 bits per heavy atom. The third kappa shape index (κ3) is 4.93. The van der Waals surface area contributed by atoms with Crippen LogP contribution in [0.1, 0.15) is 31.7 Å². The van der Waals surface area contributed by atoms with Gasteiger partial charge in [-0.25, -0.2) is 19.7 Å². The maximum absolute atomic E-state index is 13.9. The van der Waals surface area contributed by atoms with E-state index in [1.807, 2.05) is 5.32 Å². The van der Waals surface area contributed by atoms with Crippen molar-refractivity contribution in [2.24, 2.45) is 0 Å². The number of anilines is 1. The molecule has 0 radical (unpaired) electrons. The fraction of sp³-hybridized carbons (Fsp3) is 0.231. The zero-order valence-corrected chi connectivity index (χ0v) is 22.6. The van der Waals surface area contributed by atoms with Crippen LogP contribution in [0.15, 0.2) is 59.1 Å². The average Bonchev–Trinajstić information content (AvgIpc) is 3.55. The topological polar surface area (TPSA) is 124 Å². The summed E-state index contributed by atoms with van der Waals surface area (Å²) in [5, 5.41) is 4.79. The zero-order chi connectivity index (χ0) is 28.9. The molecule has 1 saturated carbocycles. The predicted molar refractivity (Wildman–Crippen MR) is 147 cm³/mol. The molecule has 2 N–H and O–H groups in total. The number of hydrogen-bond donors (Lipinski definition) is 2. The summed E-state index contributed by atoms with van der Waals surface area (Å²) >= 11 is 7.69. The molecule has 2 amide bonds. The van der Waals surface area contributed by atoms with Crippen molar-refractivity contribution >= 4 is 55.9 Å². The summed E-state index contributed by atoms with van der Waals surface area (Å²) in [7, 11) is 0. The first kappa shape index (κ1) is 26.9. The first-order valence-electron chi connectivity index (χ1n) is 12.2. The third-order valence-corrected chi connectivity index (χ3v) is 7.68. The zero-order valence-electron chi connectivity index (χ0n) is 21.1. The number of rotatable bonds is 6. The van der Waals surface area contributed by atoms with Gasteiger partial charge in [-0.1, -0.05) is 23.7 Å². The predicted octanol–water partition coefficient (Wildman–Crippen LogP) is 5.80. The SMILES string of the molecule is CC(Oc1ncnc2scnc12)c1nc2cccc(Cl)c2c(=O)n1-c1cccc(NC(=O)NC2(C(F)(F)F)CC2)c1. The third-order valence-electron chi connectivity index (χ3n) is 6.63. The van der Waals surface area contributed by atoms with Gasteiger partial charge < -0.3 is 15.4 Å². The lowest BCUT2D eigenvalue weighted by atomic mass is 10.2. The van der Waals surface area contributed by atoms with Gasteiger partial charge in [-0.2, -0.15) is 18.2 Å². The van der Waals surface area contributed by atoms with Gasteiger partial charge in [-0.3, -0.25) is 9.36 Å². The van der Waals surface area contributed by atoms with Crippen LogP contribution in [0.4, 0.5) is 23.7 Å². The van der Waals surface area contributed by atoms with Gasteiger partial charge in [0, 0.05) is 5.69 Å². The maximum atomic E-state index is 13.9.